The molecule has 0 aliphatic carbocycles. The lowest BCUT2D eigenvalue weighted by Crippen LogP contribution is -2.04. The van der Waals surface area contributed by atoms with Gasteiger partial charge in [-0.2, -0.15) is 5.26 Å². The first-order valence-corrected chi connectivity index (χ1v) is 9.34. The summed E-state index contributed by atoms with van der Waals surface area (Å²) in [6.07, 6.45) is 1.56. The number of hydrogen-bond donors (Lipinski definition) is 1. The highest BCUT2D eigenvalue weighted by Crippen LogP contribution is 2.26. The molecule has 0 unspecified atom stereocenters. The summed E-state index contributed by atoms with van der Waals surface area (Å²) in [4.78, 5) is 16.1. The van der Waals surface area contributed by atoms with Gasteiger partial charge in [0.25, 0.3) is 0 Å². The van der Waals surface area contributed by atoms with Crippen LogP contribution in [0.1, 0.15) is 22.3 Å². The van der Waals surface area contributed by atoms with Gasteiger partial charge in [0, 0.05) is 22.8 Å². The van der Waals surface area contributed by atoms with Gasteiger partial charge in [-0.3, -0.25) is 0 Å². The van der Waals surface area contributed by atoms with E-state index in [9.17, 15) is 14.4 Å². The first-order chi connectivity index (χ1) is 13.6. The zero-order valence-electron chi connectivity index (χ0n) is 15.0. The standard InChI is InChI=1S/C21H16FN3O2S/c1-2-27-21(26)15-5-9-18(10-6-15)24-12-16(11-23)20-25-19(13-28-20)14-3-7-17(22)8-4-14/h3-10,12-13,24H,2H2,1H3. The molecule has 0 aliphatic heterocycles. The van der Waals surface area contributed by atoms with Gasteiger partial charge in [-0.25, -0.2) is 14.2 Å². The molecule has 7 heteroatoms. The molecule has 1 heterocycles. The van der Waals surface area contributed by atoms with Gasteiger partial charge >= 0.3 is 5.97 Å². The highest BCUT2D eigenvalue weighted by Gasteiger charge is 2.10. The third-order valence-corrected chi connectivity index (χ3v) is 4.65. The Kier molecular flexibility index (Phi) is 6.14. The van der Waals surface area contributed by atoms with E-state index >= 15 is 0 Å². The lowest BCUT2D eigenvalue weighted by atomic mass is 10.2. The second-order valence-electron chi connectivity index (χ2n) is 5.66. The maximum Gasteiger partial charge on any atom is 0.338 e. The van der Waals surface area contributed by atoms with Crippen LogP contribution in [0.2, 0.25) is 0 Å². The first kappa shape index (κ1) is 19.3. The summed E-state index contributed by atoms with van der Waals surface area (Å²) in [5.74, 6) is -0.687. The number of thiazole rings is 1. The maximum absolute atomic E-state index is 13.1. The van der Waals surface area contributed by atoms with Crippen LogP contribution in [0.4, 0.5) is 10.1 Å². The molecule has 1 N–H and O–H groups in total. The molecule has 28 heavy (non-hydrogen) atoms. The number of allylic oxidation sites excluding steroid dienone is 1. The van der Waals surface area contributed by atoms with E-state index in [0.717, 1.165) is 11.3 Å². The zero-order chi connectivity index (χ0) is 19.9. The SMILES string of the molecule is CCOC(=O)c1ccc(NC=C(C#N)c2nc(-c3ccc(F)cc3)cs2)cc1. The predicted molar refractivity (Wildman–Crippen MR) is 107 cm³/mol. The molecule has 0 bridgehead atoms. The average Bonchev–Trinajstić information content (AvgIpc) is 3.20. The van der Waals surface area contributed by atoms with Crippen molar-refractivity contribution in [1.82, 2.24) is 4.98 Å². The molecule has 3 rings (SSSR count). The summed E-state index contributed by atoms with van der Waals surface area (Å²) in [6, 6.07) is 14.9. The average molecular weight is 393 g/mol. The van der Waals surface area contributed by atoms with Crippen LogP contribution in [0.15, 0.2) is 60.1 Å². The molecule has 2 aromatic carbocycles. The quantitative estimate of drug-likeness (QED) is 0.466. The fraction of sp³-hybridized carbons (Fsp3) is 0.0952. The number of anilines is 1. The number of nitrogens with zero attached hydrogens (tertiary/aromatic N) is 2. The molecule has 0 aliphatic rings. The van der Waals surface area contributed by atoms with Gasteiger partial charge < -0.3 is 10.1 Å². The number of hydrogen-bond acceptors (Lipinski definition) is 6. The maximum atomic E-state index is 13.1. The Bertz CT molecular complexity index is 1030. The van der Waals surface area contributed by atoms with Crippen molar-refractivity contribution in [2.75, 3.05) is 11.9 Å². The van der Waals surface area contributed by atoms with Crippen molar-refractivity contribution in [3.8, 4) is 17.3 Å². The number of nitrogens with one attached hydrogen (secondary N) is 1. The van der Waals surface area contributed by atoms with Crippen molar-refractivity contribution in [3.63, 3.8) is 0 Å². The van der Waals surface area contributed by atoms with Crippen molar-refractivity contribution in [2.24, 2.45) is 0 Å². The lowest BCUT2D eigenvalue weighted by Gasteiger charge is -2.04. The molecule has 0 radical (unpaired) electrons. The monoisotopic (exact) mass is 393 g/mol. The Labute approximate surface area is 165 Å². The molecular formula is C21H16FN3O2S. The molecule has 0 amide bonds. The van der Waals surface area contributed by atoms with Crippen molar-refractivity contribution < 1.29 is 13.9 Å². The van der Waals surface area contributed by atoms with Gasteiger partial charge in [0.2, 0.25) is 0 Å². The van der Waals surface area contributed by atoms with Crippen molar-refractivity contribution >= 4 is 28.6 Å². The Hall–Kier alpha value is -3.50. The molecule has 140 valence electrons. The van der Waals surface area contributed by atoms with E-state index in [2.05, 4.69) is 16.4 Å². The number of aromatic nitrogens is 1. The minimum absolute atomic E-state index is 0.310. The summed E-state index contributed by atoms with van der Waals surface area (Å²) < 4.78 is 18.0. The molecule has 1 aromatic heterocycles. The van der Waals surface area contributed by atoms with E-state index in [1.807, 2.05) is 5.38 Å². The summed E-state index contributed by atoms with van der Waals surface area (Å²) in [6.45, 7) is 2.07. The van der Waals surface area contributed by atoms with Crippen LogP contribution in [-0.4, -0.2) is 17.6 Å². The van der Waals surface area contributed by atoms with Crippen LogP contribution < -0.4 is 5.32 Å². The third-order valence-electron chi connectivity index (χ3n) is 3.77. The number of halogens is 1. The van der Waals surface area contributed by atoms with E-state index in [0.29, 0.717) is 28.4 Å². The fourth-order valence-electron chi connectivity index (χ4n) is 2.36. The zero-order valence-corrected chi connectivity index (χ0v) is 15.8. The fourth-order valence-corrected chi connectivity index (χ4v) is 3.16. The van der Waals surface area contributed by atoms with Crippen molar-refractivity contribution in [1.29, 1.82) is 5.26 Å². The van der Waals surface area contributed by atoms with E-state index < -0.39 is 0 Å². The molecular weight excluding hydrogens is 377 g/mol. The number of carbonyl (C=O) groups excluding carboxylic acids is 1. The minimum Gasteiger partial charge on any atom is -0.462 e. The van der Waals surface area contributed by atoms with Crippen LogP contribution in [-0.2, 0) is 4.74 Å². The van der Waals surface area contributed by atoms with Gasteiger partial charge in [0.15, 0.2) is 0 Å². The van der Waals surface area contributed by atoms with Crippen LogP contribution in [0.25, 0.3) is 16.8 Å². The van der Waals surface area contributed by atoms with Gasteiger partial charge in [0.05, 0.1) is 17.9 Å². The number of ether oxygens (including phenoxy) is 1. The minimum atomic E-state index is -0.376. The van der Waals surface area contributed by atoms with Crippen LogP contribution in [0.3, 0.4) is 0 Å². The van der Waals surface area contributed by atoms with Crippen LogP contribution in [0.5, 0.6) is 0 Å². The number of esters is 1. The Morgan fingerprint density at radius 2 is 1.96 bits per heavy atom. The van der Waals surface area contributed by atoms with Gasteiger partial charge in [-0.1, -0.05) is 0 Å². The number of rotatable bonds is 6. The summed E-state index contributed by atoms with van der Waals surface area (Å²) >= 11 is 1.33. The summed E-state index contributed by atoms with van der Waals surface area (Å²) in [5.41, 5.74) is 3.01. The molecule has 5 nitrogen and oxygen atoms in total. The Morgan fingerprint density at radius 1 is 1.25 bits per heavy atom. The number of nitriles is 1. The van der Waals surface area contributed by atoms with Gasteiger partial charge in [-0.15, -0.1) is 11.3 Å². The highest BCUT2D eigenvalue weighted by molar-refractivity contribution is 7.11. The second-order valence-corrected chi connectivity index (χ2v) is 6.51. The van der Waals surface area contributed by atoms with Gasteiger partial charge in [0.1, 0.15) is 22.5 Å². The molecule has 0 spiro atoms. The Morgan fingerprint density at radius 3 is 2.61 bits per heavy atom. The van der Waals surface area contributed by atoms with Gasteiger partial charge in [-0.05, 0) is 55.5 Å². The van der Waals surface area contributed by atoms with E-state index in [1.54, 1.807) is 49.5 Å². The first-order valence-electron chi connectivity index (χ1n) is 8.46. The molecule has 3 aromatic rings. The summed E-state index contributed by atoms with van der Waals surface area (Å²) in [7, 11) is 0. The smallest absolute Gasteiger partial charge is 0.338 e. The van der Waals surface area contributed by atoms with E-state index in [-0.39, 0.29) is 11.8 Å². The van der Waals surface area contributed by atoms with Crippen molar-refractivity contribution in [2.45, 2.75) is 6.92 Å². The molecule has 0 atom stereocenters. The van der Waals surface area contributed by atoms with Crippen LogP contribution in [0, 0.1) is 17.1 Å². The van der Waals surface area contributed by atoms with E-state index in [4.69, 9.17) is 4.74 Å². The number of carbonyl (C=O) groups is 1. The topological polar surface area (TPSA) is 75.0 Å². The van der Waals surface area contributed by atoms with E-state index in [1.165, 1.54) is 23.5 Å². The highest BCUT2D eigenvalue weighted by atomic mass is 32.1. The summed E-state index contributed by atoms with van der Waals surface area (Å²) in [5, 5.41) is 14.9. The Balaban J connectivity index is 1.73. The largest absolute Gasteiger partial charge is 0.462 e. The third kappa shape index (κ3) is 4.61. The molecule has 0 fully saturated rings. The molecule has 0 saturated carbocycles. The predicted octanol–water partition coefficient (Wildman–Crippen LogP) is 5.10. The second kappa shape index (κ2) is 8.93. The van der Waals surface area contributed by atoms with Crippen molar-refractivity contribution in [3.05, 3.63) is 76.5 Å². The lowest BCUT2D eigenvalue weighted by molar-refractivity contribution is 0.0526. The molecule has 0 saturated heterocycles. The normalized spacial score (nSPS) is 11.0. The number of benzene rings is 2. The van der Waals surface area contributed by atoms with Crippen LogP contribution >= 0.6 is 11.3 Å².